The zero-order chi connectivity index (χ0) is 18.2. The van der Waals surface area contributed by atoms with Crippen LogP contribution < -0.4 is 0 Å². The maximum atomic E-state index is 13.2. The summed E-state index contributed by atoms with van der Waals surface area (Å²) in [6.45, 7) is 1.76. The van der Waals surface area contributed by atoms with Crippen LogP contribution in [0.25, 0.3) is 5.52 Å². The van der Waals surface area contributed by atoms with Gasteiger partial charge in [-0.05, 0) is 18.6 Å². The normalized spacial score (nSPS) is 13.0. The van der Waals surface area contributed by atoms with Crippen molar-refractivity contribution in [3.05, 3.63) is 60.2 Å². The molecule has 6 nitrogen and oxygen atoms in total. The Balaban J connectivity index is 2.03. The highest BCUT2D eigenvalue weighted by Crippen LogP contribution is 2.31. The Hall–Kier alpha value is -2.97. The molecule has 3 rings (SSSR count). The smallest absolute Gasteiger partial charge is 0.333 e. The predicted molar refractivity (Wildman–Crippen MR) is 82.7 cm³/mol. The number of pyridine rings is 1. The maximum Gasteiger partial charge on any atom is 0.450 e. The van der Waals surface area contributed by atoms with Gasteiger partial charge in [0.25, 0.3) is 5.91 Å². The third-order valence-corrected chi connectivity index (χ3v) is 3.97. The Morgan fingerprint density at radius 3 is 2.60 bits per heavy atom. The molecular formula is C16H14F3N5O. The van der Waals surface area contributed by atoms with Crippen LogP contribution in [-0.2, 0) is 6.18 Å². The van der Waals surface area contributed by atoms with Crippen LogP contribution in [0, 0.1) is 0 Å². The number of hydrogen-bond donors (Lipinski definition) is 0. The highest BCUT2D eigenvalue weighted by atomic mass is 19.4. The van der Waals surface area contributed by atoms with Crippen molar-refractivity contribution in [2.75, 3.05) is 7.05 Å². The Labute approximate surface area is 141 Å². The number of fused-ring (bicyclic) bond motifs is 1. The van der Waals surface area contributed by atoms with Gasteiger partial charge in [0.15, 0.2) is 5.69 Å². The minimum absolute atomic E-state index is 0.00469. The molecule has 25 heavy (non-hydrogen) atoms. The SMILES string of the molecule is C[C@@H](c1cccnc1)N(C)C(=O)c1nc(C(F)(F)F)n2ccncc12. The molecule has 0 fully saturated rings. The Kier molecular flexibility index (Phi) is 4.15. The van der Waals surface area contributed by atoms with Gasteiger partial charge in [-0.1, -0.05) is 6.07 Å². The Morgan fingerprint density at radius 1 is 1.24 bits per heavy atom. The van der Waals surface area contributed by atoms with Crippen LogP contribution in [0.1, 0.15) is 34.8 Å². The van der Waals surface area contributed by atoms with E-state index in [0.717, 1.165) is 16.2 Å². The fourth-order valence-corrected chi connectivity index (χ4v) is 2.49. The maximum absolute atomic E-state index is 13.2. The summed E-state index contributed by atoms with van der Waals surface area (Å²) >= 11 is 0. The van der Waals surface area contributed by atoms with Gasteiger partial charge in [0.1, 0.15) is 0 Å². The van der Waals surface area contributed by atoms with Crippen molar-refractivity contribution in [1.82, 2.24) is 24.3 Å². The van der Waals surface area contributed by atoms with E-state index in [1.165, 1.54) is 24.3 Å². The van der Waals surface area contributed by atoms with Crippen molar-refractivity contribution < 1.29 is 18.0 Å². The zero-order valence-electron chi connectivity index (χ0n) is 13.4. The largest absolute Gasteiger partial charge is 0.450 e. The average Bonchev–Trinajstić information content (AvgIpc) is 3.00. The molecule has 0 spiro atoms. The van der Waals surface area contributed by atoms with Crippen molar-refractivity contribution in [3.8, 4) is 0 Å². The van der Waals surface area contributed by atoms with Crippen molar-refractivity contribution in [3.63, 3.8) is 0 Å². The molecule has 0 aliphatic carbocycles. The first-order valence-electron chi connectivity index (χ1n) is 7.37. The second kappa shape index (κ2) is 6.15. The molecule has 1 atom stereocenters. The predicted octanol–water partition coefficient (Wildman–Crippen LogP) is 2.98. The summed E-state index contributed by atoms with van der Waals surface area (Å²) in [5.74, 6) is -1.78. The molecule has 3 aromatic rings. The number of imidazole rings is 1. The molecule has 0 unspecified atom stereocenters. The van der Waals surface area contributed by atoms with E-state index in [9.17, 15) is 18.0 Å². The second-order valence-electron chi connectivity index (χ2n) is 5.49. The number of nitrogens with zero attached hydrogens (tertiary/aromatic N) is 5. The molecule has 0 saturated carbocycles. The second-order valence-corrected chi connectivity index (χ2v) is 5.49. The van der Waals surface area contributed by atoms with Crippen LogP contribution in [0.15, 0.2) is 43.1 Å². The van der Waals surface area contributed by atoms with Crippen LogP contribution in [0.3, 0.4) is 0 Å². The zero-order valence-corrected chi connectivity index (χ0v) is 13.4. The molecule has 3 aromatic heterocycles. The van der Waals surface area contributed by atoms with Gasteiger partial charge < -0.3 is 4.90 Å². The van der Waals surface area contributed by atoms with Crippen molar-refractivity contribution in [2.24, 2.45) is 0 Å². The van der Waals surface area contributed by atoms with Crippen LogP contribution >= 0.6 is 0 Å². The molecule has 3 heterocycles. The lowest BCUT2D eigenvalue weighted by Crippen LogP contribution is -2.30. The lowest BCUT2D eigenvalue weighted by Gasteiger charge is -2.24. The van der Waals surface area contributed by atoms with Gasteiger partial charge in [-0.15, -0.1) is 0 Å². The van der Waals surface area contributed by atoms with Crippen LogP contribution in [0.4, 0.5) is 13.2 Å². The first-order valence-corrected chi connectivity index (χ1v) is 7.37. The summed E-state index contributed by atoms with van der Waals surface area (Å²) in [6, 6.07) is 3.13. The number of halogens is 3. The first kappa shape index (κ1) is 16.9. The molecule has 1 amide bonds. The molecule has 9 heteroatoms. The topological polar surface area (TPSA) is 63.4 Å². The molecule has 0 aromatic carbocycles. The van der Waals surface area contributed by atoms with Crippen LogP contribution in [0.5, 0.6) is 0 Å². The molecule has 0 aliphatic heterocycles. The number of amides is 1. The first-order chi connectivity index (χ1) is 11.8. The number of carbonyl (C=O) groups excluding carboxylic acids is 1. The summed E-state index contributed by atoms with van der Waals surface area (Å²) in [7, 11) is 1.51. The molecule has 130 valence electrons. The van der Waals surface area contributed by atoms with Gasteiger partial charge in [0, 0.05) is 31.8 Å². The van der Waals surface area contributed by atoms with E-state index in [1.54, 1.807) is 31.5 Å². The number of alkyl halides is 3. The number of carbonyl (C=O) groups is 1. The minimum atomic E-state index is -4.68. The molecule has 0 bridgehead atoms. The molecule has 0 N–H and O–H groups in total. The molecule has 0 saturated heterocycles. The number of aromatic nitrogens is 4. The highest BCUT2D eigenvalue weighted by Gasteiger charge is 2.38. The number of rotatable bonds is 3. The van der Waals surface area contributed by atoms with Crippen molar-refractivity contribution in [1.29, 1.82) is 0 Å². The van der Waals surface area contributed by atoms with E-state index in [1.807, 2.05) is 0 Å². The summed E-state index contributed by atoms with van der Waals surface area (Å²) in [6.07, 6.45) is 2.05. The summed E-state index contributed by atoms with van der Waals surface area (Å²) in [4.78, 5) is 25.4. The van der Waals surface area contributed by atoms with Gasteiger partial charge >= 0.3 is 6.18 Å². The third-order valence-electron chi connectivity index (χ3n) is 3.97. The molecule has 0 aliphatic rings. The van der Waals surface area contributed by atoms with E-state index >= 15 is 0 Å². The lowest BCUT2D eigenvalue weighted by atomic mass is 10.1. The standard InChI is InChI=1S/C16H14F3N5O/c1-10(11-4-3-5-20-8-11)23(2)14(25)13-12-9-21-6-7-24(12)15(22-13)16(17,18)19/h3-10H,1-2H3/t10-/m0/s1. The van der Waals surface area contributed by atoms with Gasteiger partial charge in [0.05, 0.1) is 17.8 Å². The van der Waals surface area contributed by atoms with E-state index < -0.39 is 17.9 Å². The van der Waals surface area contributed by atoms with E-state index in [-0.39, 0.29) is 17.3 Å². The van der Waals surface area contributed by atoms with E-state index in [4.69, 9.17) is 0 Å². The lowest BCUT2D eigenvalue weighted by molar-refractivity contribution is -0.145. The quantitative estimate of drug-likeness (QED) is 0.729. The summed E-state index contributed by atoms with van der Waals surface area (Å²) < 4.78 is 40.4. The third kappa shape index (κ3) is 3.04. The monoisotopic (exact) mass is 349 g/mol. The Morgan fingerprint density at radius 2 is 1.96 bits per heavy atom. The van der Waals surface area contributed by atoms with Crippen LogP contribution in [-0.4, -0.2) is 37.2 Å². The van der Waals surface area contributed by atoms with Gasteiger partial charge in [-0.3, -0.25) is 19.2 Å². The minimum Gasteiger partial charge on any atom is -0.333 e. The summed E-state index contributed by atoms with van der Waals surface area (Å²) in [5.41, 5.74) is 0.472. The van der Waals surface area contributed by atoms with E-state index in [0.29, 0.717) is 0 Å². The number of hydrogen-bond acceptors (Lipinski definition) is 4. The summed E-state index contributed by atoms with van der Waals surface area (Å²) in [5, 5.41) is 0. The molecule has 0 radical (unpaired) electrons. The van der Waals surface area contributed by atoms with Gasteiger partial charge in [-0.25, -0.2) is 4.98 Å². The molecular weight excluding hydrogens is 335 g/mol. The van der Waals surface area contributed by atoms with Gasteiger partial charge in [-0.2, -0.15) is 13.2 Å². The fraction of sp³-hybridized carbons (Fsp3) is 0.250. The van der Waals surface area contributed by atoms with Gasteiger partial charge in [0.2, 0.25) is 5.82 Å². The van der Waals surface area contributed by atoms with E-state index in [2.05, 4.69) is 15.0 Å². The highest BCUT2D eigenvalue weighted by molar-refractivity contribution is 5.99. The Bertz CT molecular complexity index is 907. The average molecular weight is 349 g/mol. The van der Waals surface area contributed by atoms with Crippen LogP contribution in [0.2, 0.25) is 0 Å². The fourth-order valence-electron chi connectivity index (χ4n) is 2.49. The van der Waals surface area contributed by atoms with Crippen molar-refractivity contribution in [2.45, 2.75) is 19.1 Å². The van der Waals surface area contributed by atoms with Crippen molar-refractivity contribution >= 4 is 11.4 Å².